The second-order valence-electron chi connectivity index (χ2n) is 11.8. The van der Waals surface area contributed by atoms with Gasteiger partial charge < -0.3 is 9.80 Å². The fourth-order valence-electron chi connectivity index (χ4n) is 7.02. The topological polar surface area (TPSA) is 6.48 Å². The average Bonchev–Trinajstić information content (AvgIpc) is 3.05. The third kappa shape index (κ3) is 3.67. The van der Waals surface area contributed by atoms with Crippen LogP contribution >= 0.6 is 0 Å². The third-order valence-electron chi connectivity index (χ3n) is 9.16. The molecule has 2 aliphatic rings. The Morgan fingerprint density at radius 3 is 1.40 bits per heavy atom. The highest BCUT2D eigenvalue weighted by molar-refractivity contribution is 7.00. The zero-order chi connectivity index (χ0) is 28.3. The molecule has 42 heavy (non-hydrogen) atoms. The van der Waals surface area contributed by atoms with E-state index in [1.807, 2.05) is 0 Å². The Hall–Kier alpha value is -5.02. The fraction of sp³-hybridized carbons (Fsp3) is 0.0769. The first-order valence-electron chi connectivity index (χ1n) is 14.7. The lowest BCUT2D eigenvalue weighted by Gasteiger charge is -2.44. The smallest absolute Gasteiger partial charge is 0.252 e. The first-order chi connectivity index (χ1) is 20.6. The lowest BCUT2D eigenvalue weighted by atomic mass is 9.33. The minimum atomic E-state index is -0.0868. The number of benzene rings is 6. The minimum absolute atomic E-state index is 0.0868. The van der Waals surface area contributed by atoms with E-state index in [9.17, 15) is 0 Å². The number of anilines is 6. The maximum absolute atomic E-state index is 2.46. The number of nitrogens with zero attached hydrogens (tertiary/aromatic N) is 2. The van der Waals surface area contributed by atoms with Crippen LogP contribution in [0.1, 0.15) is 25.0 Å². The van der Waals surface area contributed by atoms with Crippen molar-refractivity contribution in [3.8, 4) is 0 Å². The quantitative estimate of drug-likeness (QED) is 0.209. The lowest BCUT2D eigenvalue weighted by molar-refractivity contribution is 0.641. The Balaban J connectivity index is 1.32. The van der Waals surface area contributed by atoms with E-state index in [1.165, 1.54) is 61.6 Å². The molecule has 0 spiro atoms. The molecule has 2 heterocycles. The first kappa shape index (κ1) is 24.8. The van der Waals surface area contributed by atoms with Crippen LogP contribution in [0.5, 0.6) is 0 Å². The summed E-state index contributed by atoms with van der Waals surface area (Å²) in [6.45, 7) is 4.78. The van der Waals surface area contributed by atoms with Gasteiger partial charge in [0.15, 0.2) is 0 Å². The van der Waals surface area contributed by atoms with Gasteiger partial charge in [-0.25, -0.2) is 0 Å². The third-order valence-corrected chi connectivity index (χ3v) is 9.16. The molecule has 0 aliphatic carbocycles. The molecule has 200 valence electrons. The van der Waals surface area contributed by atoms with Crippen molar-refractivity contribution >= 4 is 57.2 Å². The van der Waals surface area contributed by atoms with Gasteiger partial charge in [0.1, 0.15) is 0 Å². The average molecular weight is 539 g/mol. The Bertz CT molecular complexity index is 1910. The highest BCUT2D eigenvalue weighted by Crippen LogP contribution is 2.44. The molecule has 3 heteroatoms. The molecule has 0 saturated carbocycles. The van der Waals surface area contributed by atoms with Crippen LogP contribution in [0.15, 0.2) is 152 Å². The molecule has 2 aliphatic heterocycles. The van der Waals surface area contributed by atoms with Crippen molar-refractivity contribution in [1.82, 2.24) is 0 Å². The van der Waals surface area contributed by atoms with E-state index in [0.29, 0.717) is 0 Å². The molecule has 0 atom stereocenters. The number of rotatable bonds is 4. The summed E-state index contributed by atoms with van der Waals surface area (Å²) in [5.41, 5.74) is 13.9. The standard InChI is InChI=1S/C39H31BN2/c1-39(2,28-14-5-3-6-15-28)29-24-26-31(27-25-29)42-35-21-12-10-19-33(35)40-32-18-9-11-20-34(32)41(30-16-7-4-8-17-30)36-22-13-23-37(42)38(36)40/h3-27H,1-2H3. The van der Waals surface area contributed by atoms with Crippen LogP contribution in [0.25, 0.3) is 0 Å². The summed E-state index contributed by atoms with van der Waals surface area (Å²) >= 11 is 0. The minimum Gasteiger partial charge on any atom is -0.311 e. The summed E-state index contributed by atoms with van der Waals surface area (Å²) in [4.78, 5) is 4.89. The second-order valence-corrected chi connectivity index (χ2v) is 11.8. The summed E-state index contributed by atoms with van der Waals surface area (Å²) in [6, 6.07) is 55.4. The summed E-state index contributed by atoms with van der Waals surface area (Å²) in [7, 11) is 0. The predicted octanol–water partition coefficient (Wildman–Crippen LogP) is 8.10. The molecule has 0 bridgehead atoms. The first-order valence-corrected chi connectivity index (χ1v) is 14.7. The van der Waals surface area contributed by atoms with Gasteiger partial charge in [-0.15, -0.1) is 0 Å². The van der Waals surface area contributed by atoms with Crippen molar-refractivity contribution < 1.29 is 0 Å². The molecule has 6 aromatic rings. The van der Waals surface area contributed by atoms with E-state index in [4.69, 9.17) is 0 Å². The number of hydrogen-bond donors (Lipinski definition) is 0. The zero-order valence-corrected chi connectivity index (χ0v) is 23.9. The predicted molar refractivity (Wildman–Crippen MR) is 179 cm³/mol. The maximum Gasteiger partial charge on any atom is 0.252 e. The zero-order valence-electron chi connectivity index (χ0n) is 23.9. The van der Waals surface area contributed by atoms with Gasteiger partial charge in [0.2, 0.25) is 0 Å². The molecule has 0 aromatic heterocycles. The molecule has 0 N–H and O–H groups in total. The Morgan fingerprint density at radius 2 is 0.833 bits per heavy atom. The molecule has 2 nitrogen and oxygen atoms in total. The van der Waals surface area contributed by atoms with Crippen LogP contribution in [0, 0.1) is 0 Å². The SMILES string of the molecule is CC(C)(c1ccccc1)c1ccc(N2c3ccccc3B3c4ccccc4N(c4ccccc4)c4cccc2c43)cc1. The van der Waals surface area contributed by atoms with Crippen molar-refractivity contribution in [1.29, 1.82) is 0 Å². The van der Waals surface area contributed by atoms with Gasteiger partial charge in [-0.2, -0.15) is 0 Å². The molecule has 0 radical (unpaired) electrons. The number of para-hydroxylation sites is 3. The van der Waals surface area contributed by atoms with E-state index >= 15 is 0 Å². The van der Waals surface area contributed by atoms with E-state index in [0.717, 1.165) is 0 Å². The van der Waals surface area contributed by atoms with Crippen molar-refractivity contribution in [3.63, 3.8) is 0 Å². The Kier molecular flexibility index (Phi) is 5.62. The van der Waals surface area contributed by atoms with Crippen LogP contribution in [0.3, 0.4) is 0 Å². The molecule has 0 unspecified atom stereocenters. The highest BCUT2D eigenvalue weighted by Gasteiger charge is 2.42. The summed E-state index contributed by atoms with van der Waals surface area (Å²) in [5, 5.41) is 0. The van der Waals surface area contributed by atoms with Gasteiger partial charge in [0, 0.05) is 39.5 Å². The van der Waals surface area contributed by atoms with Gasteiger partial charge in [0.25, 0.3) is 6.71 Å². The van der Waals surface area contributed by atoms with Gasteiger partial charge in [-0.1, -0.05) is 117 Å². The fourth-order valence-corrected chi connectivity index (χ4v) is 7.02. The molecule has 6 aromatic carbocycles. The van der Waals surface area contributed by atoms with Crippen LogP contribution in [-0.2, 0) is 5.41 Å². The number of fused-ring (bicyclic) bond motifs is 4. The van der Waals surface area contributed by atoms with Crippen LogP contribution in [0.2, 0.25) is 0 Å². The Morgan fingerprint density at radius 1 is 0.405 bits per heavy atom. The van der Waals surface area contributed by atoms with Gasteiger partial charge >= 0.3 is 0 Å². The molecule has 0 fully saturated rings. The van der Waals surface area contributed by atoms with Crippen molar-refractivity contribution in [2.45, 2.75) is 19.3 Å². The molecule has 8 rings (SSSR count). The van der Waals surface area contributed by atoms with E-state index in [-0.39, 0.29) is 12.1 Å². The highest BCUT2D eigenvalue weighted by atomic mass is 15.2. The molecular formula is C39H31BN2. The normalized spacial score (nSPS) is 13.3. The van der Waals surface area contributed by atoms with Gasteiger partial charge in [-0.05, 0) is 76.0 Å². The monoisotopic (exact) mass is 538 g/mol. The summed E-state index contributed by atoms with van der Waals surface area (Å²) in [6.07, 6.45) is 0. The van der Waals surface area contributed by atoms with Crippen molar-refractivity contribution in [3.05, 3.63) is 163 Å². The number of hydrogen-bond acceptors (Lipinski definition) is 2. The molecule has 0 saturated heterocycles. The van der Waals surface area contributed by atoms with E-state index < -0.39 is 0 Å². The van der Waals surface area contributed by atoms with E-state index in [1.54, 1.807) is 0 Å². The van der Waals surface area contributed by atoms with Crippen molar-refractivity contribution in [2.75, 3.05) is 9.80 Å². The van der Waals surface area contributed by atoms with Crippen molar-refractivity contribution in [2.24, 2.45) is 0 Å². The van der Waals surface area contributed by atoms with E-state index in [2.05, 4.69) is 175 Å². The van der Waals surface area contributed by atoms with Crippen LogP contribution in [0.4, 0.5) is 34.1 Å². The lowest BCUT2D eigenvalue weighted by Crippen LogP contribution is -2.61. The largest absolute Gasteiger partial charge is 0.311 e. The maximum atomic E-state index is 2.46. The summed E-state index contributed by atoms with van der Waals surface area (Å²) in [5.74, 6) is 0. The van der Waals surface area contributed by atoms with Crippen LogP contribution < -0.4 is 26.2 Å². The summed E-state index contributed by atoms with van der Waals surface area (Å²) < 4.78 is 0. The molecule has 0 amide bonds. The second kappa shape index (κ2) is 9.53. The van der Waals surface area contributed by atoms with Gasteiger partial charge in [-0.3, -0.25) is 0 Å². The Labute approximate surface area is 248 Å². The van der Waals surface area contributed by atoms with Gasteiger partial charge in [0.05, 0.1) is 0 Å². The van der Waals surface area contributed by atoms with Crippen LogP contribution in [-0.4, -0.2) is 6.71 Å². The molecular weight excluding hydrogens is 507 g/mol.